The molecule has 0 atom stereocenters. The summed E-state index contributed by atoms with van der Waals surface area (Å²) in [6.07, 6.45) is 4.14. The summed E-state index contributed by atoms with van der Waals surface area (Å²) < 4.78 is 0. The van der Waals surface area contributed by atoms with Crippen molar-refractivity contribution in [2.75, 3.05) is 0 Å². The minimum Gasteiger partial charge on any atom is -0.481 e. The first-order chi connectivity index (χ1) is 7.24. The molecule has 0 radical (unpaired) electrons. The van der Waals surface area contributed by atoms with Gasteiger partial charge in [0.05, 0.1) is 5.71 Å². The molecule has 5 nitrogen and oxygen atoms in total. The molecule has 0 aliphatic heterocycles. The van der Waals surface area contributed by atoms with Crippen molar-refractivity contribution in [2.45, 2.75) is 19.3 Å². The van der Waals surface area contributed by atoms with Crippen molar-refractivity contribution in [3.63, 3.8) is 0 Å². The lowest BCUT2D eigenvalue weighted by molar-refractivity contribution is -0.137. The van der Waals surface area contributed by atoms with Crippen LogP contribution in [0.3, 0.4) is 0 Å². The molecule has 0 aliphatic rings. The average molecular weight is 208 g/mol. The van der Waals surface area contributed by atoms with Crippen LogP contribution >= 0.6 is 0 Å². The Morgan fingerprint density at radius 3 is 2.80 bits per heavy atom. The molecule has 0 bridgehead atoms. The summed E-state index contributed by atoms with van der Waals surface area (Å²) in [5, 5.41) is 20.4. The molecule has 0 amide bonds. The van der Waals surface area contributed by atoms with Gasteiger partial charge in [0.25, 0.3) is 0 Å². The molecule has 0 aliphatic carbocycles. The normalized spacial score (nSPS) is 11.3. The van der Waals surface area contributed by atoms with Crippen LogP contribution in [-0.2, 0) is 4.79 Å². The van der Waals surface area contributed by atoms with E-state index in [0.717, 1.165) is 0 Å². The Morgan fingerprint density at radius 2 is 2.27 bits per heavy atom. The third-order valence-electron chi connectivity index (χ3n) is 1.92. The number of oxime groups is 1. The molecule has 0 spiro atoms. The molecule has 1 rings (SSSR count). The zero-order valence-electron chi connectivity index (χ0n) is 8.13. The Hall–Kier alpha value is -1.91. The van der Waals surface area contributed by atoms with Crippen LogP contribution in [0.25, 0.3) is 0 Å². The predicted molar refractivity (Wildman–Crippen MR) is 54.0 cm³/mol. The molecule has 5 heteroatoms. The summed E-state index contributed by atoms with van der Waals surface area (Å²) in [6, 6.07) is 3.50. The van der Waals surface area contributed by atoms with Gasteiger partial charge in [0.15, 0.2) is 0 Å². The molecular weight excluding hydrogens is 196 g/mol. The van der Waals surface area contributed by atoms with Gasteiger partial charge >= 0.3 is 5.97 Å². The molecule has 0 saturated carbocycles. The van der Waals surface area contributed by atoms with Crippen LogP contribution < -0.4 is 0 Å². The number of nitrogens with zero attached hydrogens (tertiary/aromatic N) is 2. The lowest BCUT2D eigenvalue weighted by Crippen LogP contribution is -2.03. The maximum Gasteiger partial charge on any atom is 0.303 e. The van der Waals surface area contributed by atoms with E-state index >= 15 is 0 Å². The summed E-state index contributed by atoms with van der Waals surface area (Å²) >= 11 is 0. The van der Waals surface area contributed by atoms with Gasteiger partial charge in [0, 0.05) is 24.4 Å². The van der Waals surface area contributed by atoms with E-state index in [4.69, 9.17) is 10.3 Å². The standard InChI is InChI=1S/C10H12N2O3/c13-10(14)5-1-4-9(12-15)8-3-2-6-11-7-8/h2-3,6-7,15H,1,4-5H2,(H,13,14). The second-order valence-corrected chi connectivity index (χ2v) is 3.04. The number of carboxylic acid groups (broad SMARTS) is 1. The van der Waals surface area contributed by atoms with Gasteiger partial charge in [-0.15, -0.1) is 0 Å². The second-order valence-electron chi connectivity index (χ2n) is 3.04. The lowest BCUT2D eigenvalue weighted by Gasteiger charge is -2.02. The third-order valence-corrected chi connectivity index (χ3v) is 1.92. The van der Waals surface area contributed by atoms with Crippen molar-refractivity contribution in [2.24, 2.45) is 5.16 Å². The monoisotopic (exact) mass is 208 g/mol. The number of aliphatic carboxylic acids is 1. The molecule has 1 aromatic heterocycles. The SMILES string of the molecule is O=C(O)CCCC(=NO)c1cccnc1. The van der Waals surface area contributed by atoms with E-state index in [1.807, 2.05) is 0 Å². The third kappa shape index (κ3) is 3.76. The minimum absolute atomic E-state index is 0.0687. The quantitative estimate of drug-likeness (QED) is 0.436. The van der Waals surface area contributed by atoms with Crippen molar-refractivity contribution in [3.8, 4) is 0 Å². The van der Waals surface area contributed by atoms with Crippen LogP contribution in [0.1, 0.15) is 24.8 Å². The van der Waals surface area contributed by atoms with Gasteiger partial charge in [0.1, 0.15) is 0 Å². The van der Waals surface area contributed by atoms with Crippen LogP contribution in [0, 0.1) is 0 Å². The smallest absolute Gasteiger partial charge is 0.303 e. The van der Waals surface area contributed by atoms with E-state index in [-0.39, 0.29) is 6.42 Å². The summed E-state index contributed by atoms with van der Waals surface area (Å²) in [4.78, 5) is 14.2. The number of aromatic nitrogens is 1. The Kier molecular flexibility index (Phi) is 4.28. The van der Waals surface area contributed by atoms with Crippen molar-refractivity contribution >= 4 is 11.7 Å². The summed E-state index contributed by atoms with van der Waals surface area (Å²) in [5.41, 5.74) is 1.18. The molecule has 0 fully saturated rings. The number of carbonyl (C=O) groups is 1. The average Bonchev–Trinajstić information content (AvgIpc) is 2.25. The van der Waals surface area contributed by atoms with E-state index in [1.165, 1.54) is 0 Å². The number of rotatable bonds is 5. The van der Waals surface area contributed by atoms with Crippen LogP contribution in [0.2, 0.25) is 0 Å². The molecule has 1 heterocycles. The predicted octanol–water partition coefficient (Wildman–Crippen LogP) is 1.51. The maximum absolute atomic E-state index is 10.3. The van der Waals surface area contributed by atoms with E-state index in [2.05, 4.69) is 10.1 Å². The Morgan fingerprint density at radius 1 is 1.47 bits per heavy atom. The topological polar surface area (TPSA) is 82.8 Å². The van der Waals surface area contributed by atoms with Crippen molar-refractivity contribution in [1.82, 2.24) is 4.98 Å². The van der Waals surface area contributed by atoms with Crippen molar-refractivity contribution in [3.05, 3.63) is 30.1 Å². The number of hydrogen-bond acceptors (Lipinski definition) is 4. The van der Waals surface area contributed by atoms with Crippen molar-refractivity contribution < 1.29 is 15.1 Å². The first kappa shape index (κ1) is 11.2. The fourth-order valence-electron chi connectivity index (χ4n) is 1.19. The van der Waals surface area contributed by atoms with E-state index in [0.29, 0.717) is 24.1 Å². The van der Waals surface area contributed by atoms with Gasteiger partial charge in [-0.05, 0) is 25.0 Å². The Balaban J connectivity index is 2.55. The van der Waals surface area contributed by atoms with Crippen LogP contribution in [0.4, 0.5) is 0 Å². The first-order valence-corrected chi connectivity index (χ1v) is 4.57. The van der Waals surface area contributed by atoms with E-state index in [9.17, 15) is 4.79 Å². The highest BCUT2D eigenvalue weighted by atomic mass is 16.4. The summed E-state index contributed by atoms with van der Waals surface area (Å²) in [7, 11) is 0. The second kappa shape index (κ2) is 5.74. The van der Waals surface area contributed by atoms with Crippen LogP contribution in [0.5, 0.6) is 0 Å². The summed E-state index contributed by atoms with van der Waals surface area (Å²) in [6.45, 7) is 0. The molecule has 1 aromatic rings. The molecule has 2 N–H and O–H groups in total. The van der Waals surface area contributed by atoms with Gasteiger partial charge < -0.3 is 10.3 Å². The zero-order valence-corrected chi connectivity index (χ0v) is 8.13. The minimum atomic E-state index is -0.849. The number of hydrogen-bond donors (Lipinski definition) is 2. The van der Waals surface area contributed by atoms with Gasteiger partial charge in [-0.25, -0.2) is 0 Å². The van der Waals surface area contributed by atoms with Crippen LogP contribution in [0.15, 0.2) is 29.7 Å². The fraction of sp³-hybridized carbons (Fsp3) is 0.300. The molecule has 15 heavy (non-hydrogen) atoms. The molecule has 80 valence electrons. The van der Waals surface area contributed by atoms with E-state index in [1.54, 1.807) is 24.5 Å². The number of pyridine rings is 1. The molecule has 0 unspecified atom stereocenters. The zero-order chi connectivity index (χ0) is 11.1. The largest absolute Gasteiger partial charge is 0.481 e. The highest BCUT2D eigenvalue weighted by Gasteiger charge is 2.05. The summed E-state index contributed by atoms with van der Waals surface area (Å²) in [5.74, 6) is -0.849. The maximum atomic E-state index is 10.3. The first-order valence-electron chi connectivity index (χ1n) is 4.57. The fourth-order valence-corrected chi connectivity index (χ4v) is 1.19. The lowest BCUT2D eigenvalue weighted by atomic mass is 10.1. The number of carboxylic acids is 1. The highest BCUT2D eigenvalue weighted by Crippen LogP contribution is 2.06. The Bertz CT molecular complexity index is 349. The van der Waals surface area contributed by atoms with Gasteiger partial charge in [-0.2, -0.15) is 0 Å². The van der Waals surface area contributed by atoms with Gasteiger partial charge in [-0.1, -0.05) is 5.16 Å². The van der Waals surface area contributed by atoms with Crippen LogP contribution in [-0.4, -0.2) is 27.0 Å². The van der Waals surface area contributed by atoms with Crippen molar-refractivity contribution in [1.29, 1.82) is 0 Å². The Labute approximate surface area is 87.1 Å². The van der Waals surface area contributed by atoms with Gasteiger partial charge in [0.2, 0.25) is 0 Å². The molecule has 0 aromatic carbocycles. The highest BCUT2D eigenvalue weighted by molar-refractivity contribution is 5.99. The van der Waals surface area contributed by atoms with Gasteiger partial charge in [-0.3, -0.25) is 9.78 Å². The molecule has 0 saturated heterocycles. The molecular formula is C10H12N2O3. The van der Waals surface area contributed by atoms with E-state index < -0.39 is 5.97 Å².